The molecule has 0 unspecified atom stereocenters. The molecule has 6 nitrogen and oxygen atoms in total. The summed E-state index contributed by atoms with van der Waals surface area (Å²) in [4.78, 5) is 13.7. The molecule has 33 heavy (non-hydrogen) atoms. The summed E-state index contributed by atoms with van der Waals surface area (Å²) in [5.41, 5.74) is 3.88. The van der Waals surface area contributed by atoms with Crippen molar-refractivity contribution < 1.29 is 0 Å². The predicted molar refractivity (Wildman–Crippen MR) is 147 cm³/mol. The quantitative estimate of drug-likeness (QED) is 0.259. The molecule has 0 atom stereocenters. The highest BCUT2D eigenvalue weighted by Crippen LogP contribution is 2.20. The number of halogens is 1. The molecule has 1 N–H and O–H groups in total. The first-order chi connectivity index (χ1) is 15.7. The molecule has 0 bridgehead atoms. The van der Waals surface area contributed by atoms with E-state index in [1.54, 1.807) is 0 Å². The maximum Gasteiger partial charge on any atom is 0.194 e. The summed E-state index contributed by atoms with van der Waals surface area (Å²) < 4.78 is 2.18. The zero-order chi connectivity index (χ0) is 22.2. The molecule has 0 spiro atoms. The first kappa shape index (κ1) is 25.1. The number of rotatable bonds is 7. The van der Waals surface area contributed by atoms with Gasteiger partial charge in [-0.2, -0.15) is 0 Å². The number of nitrogens with one attached hydrogen (secondary N) is 1. The van der Waals surface area contributed by atoms with Crippen molar-refractivity contribution in [3.63, 3.8) is 0 Å². The molecule has 2 heterocycles. The number of piperidine rings is 1. The molecule has 1 saturated heterocycles. The Balaban J connectivity index is 0.00000306. The van der Waals surface area contributed by atoms with E-state index in [9.17, 15) is 0 Å². The van der Waals surface area contributed by atoms with Crippen molar-refractivity contribution in [3.05, 3.63) is 83.9 Å². The molecule has 1 aromatic heterocycles. The number of aliphatic imine (C=N–C) groups is 1. The molecule has 1 aliphatic heterocycles. The topological polar surface area (TPSA) is 48.7 Å². The highest BCUT2D eigenvalue weighted by atomic mass is 127. The number of benzene rings is 2. The zero-order valence-corrected chi connectivity index (χ0v) is 22.0. The number of nitrogens with zero attached hydrogens (tertiary/aromatic N) is 5. The first-order valence-corrected chi connectivity index (χ1v) is 11.5. The van der Waals surface area contributed by atoms with Crippen LogP contribution in [0.4, 0.5) is 5.69 Å². The molecule has 176 valence electrons. The minimum atomic E-state index is 0. The van der Waals surface area contributed by atoms with Crippen LogP contribution in [0, 0.1) is 0 Å². The number of guanidine groups is 1. The summed E-state index contributed by atoms with van der Waals surface area (Å²) in [6.45, 7) is 4.60. The number of aromatic nitrogens is 2. The van der Waals surface area contributed by atoms with E-state index in [4.69, 9.17) is 0 Å². The van der Waals surface area contributed by atoms with Gasteiger partial charge in [0.05, 0.1) is 6.54 Å². The van der Waals surface area contributed by atoms with Gasteiger partial charge in [0.2, 0.25) is 0 Å². The van der Waals surface area contributed by atoms with Crippen LogP contribution in [0.2, 0.25) is 0 Å². The van der Waals surface area contributed by atoms with Gasteiger partial charge in [-0.3, -0.25) is 4.99 Å². The van der Waals surface area contributed by atoms with E-state index in [1.165, 1.54) is 49.2 Å². The molecular weight excluding hydrogens is 523 g/mol. The maximum atomic E-state index is 4.54. The van der Waals surface area contributed by atoms with Crippen LogP contribution in [0.15, 0.2) is 72.0 Å². The Kier molecular flexibility index (Phi) is 9.60. The minimum absolute atomic E-state index is 0. The van der Waals surface area contributed by atoms with Gasteiger partial charge < -0.3 is 19.7 Å². The minimum Gasteiger partial charge on any atom is -0.372 e. The van der Waals surface area contributed by atoms with Crippen molar-refractivity contribution in [1.29, 1.82) is 0 Å². The van der Waals surface area contributed by atoms with E-state index in [-0.39, 0.29) is 24.0 Å². The molecule has 0 amide bonds. The van der Waals surface area contributed by atoms with E-state index >= 15 is 0 Å². The van der Waals surface area contributed by atoms with Crippen LogP contribution in [0.1, 0.15) is 36.2 Å². The Bertz CT molecular complexity index is 993. The van der Waals surface area contributed by atoms with E-state index in [1.807, 2.05) is 25.5 Å². The normalized spacial score (nSPS) is 14.0. The molecular formula is C26H35IN6. The molecule has 0 saturated carbocycles. The summed E-state index contributed by atoms with van der Waals surface area (Å²) in [6, 6.07) is 19.4. The van der Waals surface area contributed by atoms with Crippen LogP contribution in [-0.4, -0.2) is 47.6 Å². The third kappa shape index (κ3) is 6.96. The van der Waals surface area contributed by atoms with Crippen molar-refractivity contribution in [1.82, 2.24) is 19.8 Å². The van der Waals surface area contributed by atoms with E-state index in [0.717, 1.165) is 24.9 Å². The van der Waals surface area contributed by atoms with Crippen molar-refractivity contribution >= 4 is 35.6 Å². The van der Waals surface area contributed by atoms with Gasteiger partial charge in [-0.25, -0.2) is 4.98 Å². The number of hydrogen-bond donors (Lipinski definition) is 1. The van der Waals surface area contributed by atoms with Crippen LogP contribution in [0.5, 0.6) is 0 Å². The lowest BCUT2D eigenvalue weighted by molar-refractivity contribution is 0.474. The Hall–Kier alpha value is -2.55. The molecule has 2 aromatic carbocycles. The lowest BCUT2D eigenvalue weighted by Crippen LogP contribution is -2.38. The van der Waals surface area contributed by atoms with Gasteiger partial charge in [-0.05, 0) is 42.5 Å². The first-order valence-electron chi connectivity index (χ1n) is 11.5. The smallest absolute Gasteiger partial charge is 0.194 e. The SMILES string of the molecule is CN=C(NCc1nccn1Cc1ccccc1)N(C)Cc1ccc(N2CCCCC2)cc1.I. The standard InChI is InChI=1S/C26H34N6.HI/c1-27-26(29-19-25-28-15-18-32(25)21-22-9-5-3-6-10-22)30(2)20-23-11-13-24(14-12-23)31-16-7-4-8-17-31;/h3,5-6,9-15,18H,4,7-8,16-17,19-21H2,1-2H3,(H,27,29);1H. The second kappa shape index (κ2) is 12.6. The molecule has 0 radical (unpaired) electrons. The van der Waals surface area contributed by atoms with Gasteiger partial charge in [0.1, 0.15) is 5.82 Å². The van der Waals surface area contributed by atoms with Gasteiger partial charge in [0.15, 0.2) is 5.96 Å². The maximum absolute atomic E-state index is 4.54. The average molecular weight is 559 g/mol. The third-order valence-electron chi connectivity index (χ3n) is 6.05. The molecule has 1 fully saturated rings. The lowest BCUT2D eigenvalue weighted by atomic mass is 10.1. The number of hydrogen-bond acceptors (Lipinski definition) is 3. The summed E-state index contributed by atoms with van der Waals surface area (Å²) >= 11 is 0. The van der Waals surface area contributed by atoms with Crippen molar-refractivity contribution in [2.24, 2.45) is 4.99 Å². The lowest BCUT2D eigenvalue weighted by Gasteiger charge is -2.29. The van der Waals surface area contributed by atoms with Gasteiger partial charge in [0, 0.05) is 58.4 Å². The third-order valence-corrected chi connectivity index (χ3v) is 6.05. The molecule has 7 heteroatoms. The Morgan fingerprint density at radius 3 is 2.42 bits per heavy atom. The highest BCUT2D eigenvalue weighted by Gasteiger charge is 2.12. The van der Waals surface area contributed by atoms with E-state index in [0.29, 0.717) is 6.54 Å². The van der Waals surface area contributed by atoms with Gasteiger partial charge >= 0.3 is 0 Å². The second-order valence-electron chi connectivity index (χ2n) is 8.43. The number of imidazole rings is 1. The predicted octanol–water partition coefficient (Wildman–Crippen LogP) is 4.75. The monoisotopic (exact) mass is 558 g/mol. The molecule has 3 aromatic rings. The molecule has 1 aliphatic rings. The van der Waals surface area contributed by atoms with Gasteiger partial charge in [-0.1, -0.05) is 42.5 Å². The fraction of sp³-hybridized carbons (Fsp3) is 0.385. The van der Waals surface area contributed by atoms with E-state index in [2.05, 4.69) is 85.2 Å². The summed E-state index contributed by atoms with van der Waals surface area (Å²) in [5.74, 6) is 1.86. The summed E-state index contributed by atoms with van der Waals surface area (Å²) in [5, 5.41) is 3.47. The molecule has 0 aliphatic carbocycles. The zero-order valence-electron chi connectivity index (χ0n) is 19.7. The van der Waals surface area contributed by atoms with Crippen LogP contribution < -0.4 is 10.2 Å². The molecule has 4 rings (SSSR count). The largest absolute Gasteiger partial charge is 0.372 e. The fourth-order valence-electron chi connectivity index (χ4n) is 4.29. The van der Waals surface area contributed by atoms with Crippen molar-refractivity contribution in [2.75, 3.05) is 32.1 Å². The summed E-state index contributed by atoms with van der Waals surface area (Å²) in [6.07, 6.45) is 7.85. The van der Waals surface area contributed by atoms with E-state index < -0.39 is 0 Å². The Labute approximate surface area is 214 Å². The van der Waals surface area contributed by atoms with Crippen LogP contribution in [0.3, 0.4) is 0 Å². The van der Waals surface area contributed by atoms with Crippen molar-refractivity contribution in [3.8, 4) is 0 Å². The Morgan fingerprint density at radius 1 is 1.00 bits per heavy atom. The van der Waals surface area contributed by atoms with Crippen LogP contribution >= 0.6 is 24.0 Å². The summed E-state index contributed by atoms with van der Waals surface area (Å²) in [7, 11) is 3.90. The number of anilines is 1. The van der Waals surface area contributed by atoms with Crippen LogP contribution in [-0.2, 0) is 19.6 Å². The van der Waals surface area contributed by atoms with Gasteiger partial charge in [0.25, 0.3) is 0 Å². The average Bonchev–Trinajstić information content (AvgIpc) is 3.28. The highest BCUT2D eigenvalue weighted by molar-refractivity contribution is 14.0. The van der Waals surface area contributed by atoms with Gasteiger partial charge in [-0.15, -0.1) is 24.0 Å². The fourth-order valence-corrected chi connectivity index (χ4v) is 4.29. The van der Waals surface area contributed by atoms with Crippen LogP contribution in [0.25, 0.3) is 0 Å². The second-order valence-corrected chi connectivity index (χ2v) is 8.43. The van der Waals surface area contributed by atoms with Crippen molar-refractivity contribution in [2.45, 2.75) is 38.9 Å². The Morgan fingerprint density at radius 2 is 1.73 bits per heavy atom.